The van der Waals surface area contributed by atoms with E-state index in [0.29, 0.717) is 67.3 Å². The lowest BCUT2D eigenvalue weighted by atomic mass is 9.86. The molecule has 7 aliphatic rings. The topological polar surface area (TPSA) is 173 Å². The van der Waals surface area contributed by atoms with Crippen LogP contribution in [0.25, 0.3) is 10.9 Å². The molecule has 4 saturated carbocycles. The van der Waals surface area contributed by atoms with Crippen molar-refractivity contribution in [2.45, 2.75) is 162 Å². The number of pyridine rings is 1. The Morgan fingerprint density at radius 1 is 1.00 bits per heavy atom. The highest BCUT2D eigenvalue weighted by Crippen LogP contribution is 2.52. The number of nitrogens with one attached hydrogen (secondary N) is 3. The SMILES string of the molecule is CC1(S(=O)(=O)NC(=O)[C@@]23C[C@H]2/C=C\CCCCC[C@H](NC(=O)OC2CCCCC2)C(=O)N2C[C@@]4(CCc5c(c(C6CC6)nc6c(F)cccc56)O4)C[C@H]2C(=O)N3)CC1. The molecule has 0 radical (unpaired) electrons. The van der Waals surface area contributed by atoms with Gasteiger partial charge in [0.2, 0.25) is 21.8 Å². The van der Waals surface area contributed by atoms with Crippen molar-refractivity contribution in [2.75, 3.05) is 6.54 Å². The number of nitrogens with zero attached hydrogens (tertiary/aromatic N) is 2. The van der Waals surface area contributed by atoms with E-state index < -0.39 is 73.5 Å². The van der Waals surface area contributed by atoms with E-state index in [1.807, 2.05) is 18.2 Å². The van der Waals surface area contributed by atoms with Crippen LogP contribution in [-0.4, -0.2) is 82.7 Å². The number of ether oxygens (including phenoxy) is 2. The lowest BCUT2D eigenvalue weighted by Crippen LogP contribution is -2.58. The van der Waals surface area contributed by atoms with Crippen molar-refractivity contribution in [3.8, 4) is 5.75 Å². The Morgan fingerprint density at radius 2 is 1.76 bits per heavy atom. The number of carbonyl (C=O) groups excluding carboxylic acids is 4. The minimum absolute atomic E-state index is 0.0275. The Hall–Kier alpha value is -4.27. The molecule has 4 amide bonds. The number of hydrogen-bond acceptors (Lipinski definition) is 9. The van der Waals surface area contributed by atoms with Crippen LogP contribution >= 0.6 is 0 Å². The van der Waals surface area contributed by atoms with Crippen LogP contribution < -0.4 is 20.1 Å². The predicted molar refractivity (Wildman–Crippen MR) is 212 cm³/mol. The molecule has 15 heteroatoms. The van der Waals surface area contributed by atoms with Crippen LogP contribution in [-0.2, 0) is 35.6 Å². The van der Waals surface area contributed by atoms with Gasteiger partial charge in [-0.2, -0.15) is 0 Å². The molecule has 1 aromatic heterocycles. The number of hydrogen-bond donors (Lipinski definition) is 3. The number of amides is 4. The zero-order valence-corrected chi connectivity index (χ0v) is 34.0. The molecule has 1 saturated heterocycles. The summed E-state index contributed by atoms with van der Waals surface area (Å²) < 4.78 is 55.7. The molecule has 9 rings (SSSR count). The highest BCUT2D eigenvalue weighted by Gasteiger charge is 2.64. The summed E-state index contributed by atoms with van der Waals surface area (Å²) in [7, 11) is -4.00. The Labute approximate surface area is 338 Å². The van der Waals surface area contributed by atoms with E-state index in [1.54, 1.807) is 13.0 Å². The maximum Gasteiger partial charge on any atom is 0.408 e. The van der Waals surface area contributed by atoms with E-state index in [9.17, 15) is 27.6 Å². The Kier molecular flexibility index (Phi) is 9.99. The second-order valence-corrected chi connectivity index (χ2v) is 20.5. The summed E-state index contributed by atoms with van der Waals surface area (Å²) >= 11 is 0. The van der Waals surface area contributed by atoms with Gasteiger partial charge in [0.05, 0.1) is 17.0 Å². The van der Waals surface area contributed by atoms with E-state index in [-0.39, 0.29) is 31.4 Å². The molecule has 1 aromatic carbocycles. The summed E-state index contributed by atoms with van der Waals surface area (Å²) in [6.07, 6.45) is 14.7. The van der Waals surface area contributed by atoms with Crippen molar-refractivity contribution in [3.63, 3.8) is 0 Å². The summed E-state index contributed by atoms with van der Waals surface area (Å²) in [5.74, 6) is -1.98. The minimum atomic E-state index is -4.00. The average molecular weight is 820 g/mol. The van der Waals surface area contributed by atoms with Crippen LogP contribution in [0.3, 0.4) is 0 Å². The van der Waals surface area contributed by atoms with E-state index in [2.05, 4.69) is 15.4 Å². The quantitative estimate of drug-likeness (QED) is 0.308. The maximum absolute atomic E-state index is 15.1. The van der Waals surface area contributed by atoms with Crippen molar-refractivity contribution in [1.82, 2.24) is 25.2 Å². The fourth-order valence-corrected chi connectivity index (χ4v) is 11.0. The molecule has 4 heterocycles. The van der Waals surface area contributed by atoms with Crippen LogP contribution in [0.2, 0.25) is 0 Å². The number of aromatic nitrogens is 1. The molecule has 4 aliphatic carbocycles. The normalized spacial score (nSPS) is 31.7. The van der Waals surface area contributed by atoms with E-state index >= 15 is 4.39 Å². The van der Waals surface area contributed by atoms with Gasteiger partial charge in [0.1, 0.15) is 46.4 Å². The van der Waals surface area contributed by atoms with Gasteiger partial charge in [-0.1, -0.05) is 43.5 Å². The van der Waals surface area contributed by atoms with Crippen molar-refractivity contribution in [1.29, 1.82) is 0 Å². The van der Waals surface area contributed by atoms with Crippen LogP contribution in [0.1, 0.15) is 133 Å². The standard InChI is InChI=1S/C43H54FN5O8S/c1-41(21-22-41)58(54,55)48-39(52)43-23-27(43)11-6-3-2-4-9-16-32(45-40(53)56-28-12-7-5-8-13-28)38(51)49-25-42(24-33(49)37(50)47-43)20-19-30-29-14-10-15-31(44)35(29)46-34(26-17-18-26)36(30)57-42/h6,10-11,14-15,26-28,32-33H,2-5,7-9,12-13,16-25H2,1H3,(H,45,53)(H,47,50)(H,48,52)/b11-6-/t27-,32+,33+,42-,43-/m1/s1. The number of para-hydroxylation sites is 1. The van der Waals surface area contributed by atoms with Gasteiger partial charge in [-0.05, 0) is 103 Å². The van der Waals surface area contributed by atoms with Crippen LogP contribution in [0.15, 0.2) is 30.4 Å². The molecule has 0 unspecified atom stereocenters. The molecule has 3 N–H and O–H groups in total. The molecule has 2 aromatic rings. The number of alkyl carbamates (subject to hydrolysis) is 1. The Morgan fingerprint density at radius 3 is 2.52 bits per heavy atom. The number of carbonyl (C=O) groups is 4. The second kappa shape index (κ2) is 14.8. The zero-order valence-electron chi connectivity index (χ0n) is 33.2. The van der Waals surface area contributed by atoms with Gasteiger partial charge in [-0.25, -0.2) is 22.6 Å². The van der Waals surface area contributed by atoms with Crippen molar-refractivity contribution < 1.29 is 41.5 Å². The number of halogens is 1. The van der Waals surface area contributed by atoms with Crippen LogP contribution in [0.4, 0.5) is 9.18 Å². The molecular formula is C43H54FN5O8S. The first-order valence-electron chi connectivity index (χ1n) is 21.4. The van der Waals surface area contributed by atoms with Gasteiger partial charge >= 0.3 is 6.09 Å². The fourth-order valence-electron chi connectivity index (χ4n) is 9.69. The second-order valence-electron chi connectivity index (χ2n) is 18.3. The number of rotatable bonds is 6. The molecule has 5 fully saturated rings. The molecule has 5 atom stereocenters. The Balaban J connectivity index is 1.05. The smallest absolute Gasteiger partial charge is 0.408 e. The minimum Gasteiger partial charge on any atom is -0.483 e. The highest BCUT2D eigenvalue weighted by atomic mass is 32.2. The van der Waals surface area contributed by atoms with Crippen LogP contribution in [0, 0.1) is 11.7 Å². The molecule has 312 valence electrons. The number of fused-ring (bicyclic) bond motifs is 5. The highest BCUT2D eigenvalue weighted by molar-refractivity contribution is 7.91. The first kappa shape index (κ1) is 39.2. The third-order valence-electron chi connectivity index (χ3n) is 13.9. The van der Waals surface area contributed by atoms with Gasteiger partial charge in [-0.15, -0.1) is 0 Å². The zero-order chi connectivity index (χ0) is 40.5. The number of allylic oxidation sites excluding steroid dienone is 1. The molecule has 3 aliphatic heterocycles. The molecule has 58 heavy (non-hydrogen) atoms. The Bertz CT molecular complexity index is 2170. The van der Waals surface area contributed by atoms with Crippen LogP contribution in [0.5, 0.6) is 5.75 Å². The average Bonchev–Trinajstić information content (AvgIpc) is 4.13. The van der Waals surface area contributed by atoms with E-state index in [0.717, 1.165) is 63.4 Å². The van der Waals surface area contributed by atoms with E-state index in [4.69, 9.17) is 14.5 Å². The largest absolute Gasteiger partial charge is 0.483 e. The van der Waals surface area contributed by atoms with E-state index in [1.165, 1.54) is 11.0 Å². The molecule has 13 nitrogen and oxygen atoms in total. The van der Waals surface area contributed by atoms with Crippen molar-refractivity contribution in [2.24, 2.45) is 5.92 Å². The summed E-state index contributed by atoms with van der Waals surface area (Å²) in [5.41, 5.74) is -0.705. The third kappa shape index (κ3) is 7.33. The number of sulfonamides is 1. The molecule has 0 bridgehead atoms. The fraction of sp³-hybridized carbons (Fsp3) is 0.651. The van der Waals surface area contributed by atoms with Crippen molar-refractivity contribution >= 4 is 44.7 Å². The summed E-state index contributed by atoms with van der Waals surface area (Å²) in [6, 6.07) is 2.81. The lowest BCUT2D eigenvalue weighted by Gasteiger charge is -2.37. The number of benzene rings is 1. The maximum atomic E-state index is 15.1. The predicted octanol–water partition coefficient (Wildman–Crippen LogP) is 5.74. The molecular weight excluding hydrogens is 766 g/mol. The van der Waals surface area contributed by atoms with Gasteiger partial charge in [0.15, 0.2) is 0 Å². The van der Waals surface area contributed by atoms with Crippen molar-refractivity contribution in [3.05, 3.63) is 47.4 Å². The molecule has 1 spiro atoms. The van der Waals surface area contributed by atoms with Gasteiger partial charge in [-0.3, -0.25) is 19.1 Å². The monoisotopic (exact) mass is 819 g/mol. The number of aryl methyl sites for hydroxylation is 1. The lowest BCUT2D eigenvalue weighted by molar-refractivity contribution is -0.141. The van der Waals surface area contributed by atoms with Gasteiger partial charge in [0, 0.05) is 29.2 Å². The third-order valence-corrected chi connectivity index (χ3v) is 16.1. The van der Waals surface area contributed by atoms with Gasteiger partial charge < -0.3 is 25.0 Å². The summed E-state index contributed by atoms with van der Waals surface area (Å²) in [5, 5.41) is 6.51. The first-order chi connectivity index (χ1) is 27.8. The summed E-state index contributed by atoms with van der Waals surface area (Å²) in [6.45, 7) is 1.63. The summed E-state index contributed by atoms with van der Waals surface area (Å²) in [4.78, 5) is 63.4. The van der Waals surface area contributed by atoms with Gasteiger partial charge in [0.25, 0.3) is 5.91 Å². The first-order valence-corrected chi connectivity index (χ1v) is 22.9.